The molecule has 0 fully saturated rings. The Bertz CT molecular complexity index is 1170. The van der Waals surface area contributed by atoms with Crippen LogP contribution in [-0.2, 0) is 4.74 Å². The molecule has 0 aliphatic rings. The summed E-state index contributed by atoms with van der Waals surface area (Å²) in [5, 5.41) is 27.2. The van der Waals surface area contributed by atoms with Gasteiger partial charge in [-0.25, -0.2) is 4.39 Å². The molecule has 0 aliphatic carbocycles. The number of carbonyl (C=O) groups excluding carboxylic acids is 1. The van der Waals surface area contributed by atoms with E-state index < -0.39 is 23.5 Å². The number of hydrogen-bond acceptors (Lipinski definition) is 7. The predicted octanol–water partition coefficient (Wildman–Crippen LogP) is 3.92. The lowest BCUT2D eigenvalue weighted by Crippen LogP contribution is -2.16. The molecule has 1 aromatic heterocycles. The average Bonchev–Trinajstić information content (AvgIpc) is 3.29. The fourth-order valence-electron chi connectivity index (χ4n) is 2.53. The lowest BCUT2D eigenvalue weighted by atomic mass is 10.1. The number of anilines is 1. The Morgan fingerprint density at radius 1 is 1.17 bits per heavy atom. The number of rotatable bonds is 5. The Balaban J connectivity index is 1.82. The Morgan fingerprint density at radius 2 is 1.97 bits per heavy atom. The average molecular weight is 406 g/mol. The molecule has 2 aromatic carbocycles. The van der Waals surface area contributed by atoms with Crippen molar-refractivity contribution in [2.24, 2.45) is 0 Å². The molecule has 150 valence electrons. The summed E-state index contributed by atoms with van der Waals surface area (Å²) in [7, 11) is 1.37. The van der Waals surface area contributed by atoms with Crippen molar-refractivity contribution in [1.29, 1.82) is 16.1 Å². The van der Waals surface area contributed by atoms with Crippen LogP contribution in [-0.4, -0.2) is 24.8 Å². The number of methoxy groups -OCH3 is 1. The van der Waals surface area contributed by atoms with Crippen molar-refractivity contribution in [2.75, 3.05) is 12.4 Å². The summed E-state index contributed by atoms with van der Waals surface area (Å²) in [6.45, 7) is 0. The molecule has 0 spiro atoms. The van der Waals surface area contributed by atoms with Crippen LogP contribution < -0.4 is 10.1 Å². The Hall–Kier alpha value is -4.45. The smallest absolute Gasteiger partial charge is 0.259 e. The number of amides is 1. The molecular formula is C21H15FN4O4. The van der Waals surface area contributed by atoms with Gasteiger partial charge in [-0.05, 0) is 48.5 Å². The molecule has 0 saturated heterocycles. The minimum absolute atomic E-state index is 0.0484. The molecule has 0 radical (unpaired) electrons. The summed E-state index contributed by atoms with van der Waals surface area (Å²) in [6, 6.07) is 12.8. The number of halogens is 1. The van der Waals surface area contributed by atoms with Gasteiger partial charge in [0.1, 0.15) is 11.6 Å². The van der Waals surface area contributed by atoms with Gasteiger partial charge in [-0.15, -0.1) is 0 Å². The molecule has 1 amide bonds. The van der Waals surface area contributed by atoms with Gasteiger partial charge >= 0.3 is 0 Å². The van der Waals surface area contributed by atoms with E-state index in [4.69, 9.17) is 30.0 Å². The molecule has 3 rings (SSSR count). The Morgan fingerprint density at radius 3 is 2.63 bits per heavy atom. The van der Waals surface area contributed by atoms with Crippen LogP contribution in [0.4, 0.5) is 10.1 Å². The summed E-state index contributed by atoms with van der Waals surface area (Å²) >= 11 is 0. The van der Waals surface area contributed by atoms with Gasteiger partial charge in [-0.3, -0.25) is 15.6 Å². The monoisotopic (exact) mass is 406 g/mol. The highest BCUT2D eigenvalue weighted by molar-refractivity contribution is 6.08. The highest BCUT2D eigenvalue weighted by Crippen LogP contribution is 2.23. The van der Waals surface area contributed by atoms with Gasteiger partial charge in [-0.1, -0.05) is 0 Å². The maximum Gasteiger partial charge on any atom is 0.259 e. The summed E-state index contributed by atoms with van der Waals surface area (Å²) < 4.78 is 29.5. The fraction of sp³-hybridized carbons (Fsp3) is 0.0476. The van der Waals surface area contributed by atoms with Gasteiger partial charge in [0.2, 0.25) is 5.90 Å². The van der Waals surface area contributed by atoms with E-state index in [0.717, 1.165) is 6.07 Å². The van der Waals surface area contributed by atoms with Gasteiger partial charge in [0.15, 0.2) is 5.76 Å². The third-order valence-corrected chi connectivity index (χ3v) is 4.00. The highest BCUT2D eigenvalue weighted by atomic mass is 19.1. The third-order valence-electron chi connectivity index (χ3n) is 4.00. The van der Waals surface area contributed by atoms with Gasteiger partial charge in [0, 0.05) is 5.56 Å². The first-order valence-corrected chi connectivity index (χ1v) is 8.51. The molecule has 0 saturated carbocycles. The van der Waals surface area contributed by atoms with Crippen molar-refractivity contribution in [3.05, 3.63) is 83.1 Å². The summed E-state index contributed by atoms with van der Waals surface area (Å²) in [6.07, 6.45) is 1.36. The first-order valence-electron chi connectivity index (χ1n) is 8.51. The van der Waals surface area contributed by atoms with E-state index in [1.807, 2.05) is 6.07 Å². The maximum absolute atomic E-state index is 14.3. The molecule has 1 heterocycles. The summed E-state index contributed by atoms with van der Waals surface area (Å²) in [5.41, 5.74) is 0.203. The molecule has 0 atom stereocenters. The van der Waals surface area contributed by atoms with Crippen molar-refractivity contribution >= 4 is 23.4 Å². The SMILES string of the molecule is COc1ccc(C#N)cc1C(=O)Nc1cc(C(=N)OC(=N)c2ccco2)ccc1F. The number of benzene rings is 2. The Kier molecular flexibility index (Phi) is 5.89. The van der Waals surface area contributed by atoms with Crippen molar-refractivity contribution in [1.82, 2.24) is 0 Å². The van der Waals surface area contributed by atoms with Crippen LogP contribution in [0.5, 0.6) is 5.75 Å². The van der Waals surface area contributed by atoms with Crippen LogP contribution in [0.15, 0.2) is 59.2 Å². The van der Waals surface area contributed by atoms with Gasteiger partial charge in [-0.2, -0.15) is 5.26 Å². The van der Waals surface area contributed by atoms with E-state index in [1.165, 1.54) is 49.8 Å². The first kappa shape index (κ1) is 20.3. The fourth-order valence-corrected chi connectivity index (χ4v) is 2.53. The summed E-state index contributed by atoms with van der Waals surface area (Å²) in [4.78, 5) is 12.6. The van der Waals surface area contributed by atoms with Crippen LogP contribution >= 0.6 is 0 Å². The highest BCUT2D eigenvalue weighted by Gasteiger charge is 2.17. The zero-order valence-corrected chi connectivity index (χ0v) is 15.7. The number of ether oxygens (including phenoxy) is 2. The molecule has 8 nitrogen and oxygen atoms in total. The second-order valence-electron chi connectivity index (χ2n) is 5.91. The number of nitrogens with one attached hydrogen (secondary N) is 3. The molecular weight excluding hydrogens is 391 g/mol. The quantitative estimate of drug-likeness (QED) is 0.436. The van der Waals surface area contributed by atoms with E-state index in [9.17, 15) is 9.18 Å². The molecule has 30 heavy (non-hydrogen) atoms. The second kappa shape index (κ2) is 8.70. The standard InChI is InChI=1S/C21H15FN4O4/c1-28-17-7-4-12(11-23)9-14(17)21(27)26-16-10-13(5-6-15(16)22)19(24)30-20(25)18-3-2-8-29-18/h2-10,24-25H,1H3,(H,26,27). The van der Waals surface area contributed by atoms with Crippen LogP contribution in [0.3, 0.4) is 0 Å². The van der Waals surface area contributed by atoms with Gasteiger partial charge in [0.05, 0.1) is 36.3 Å². The van der Waals surface area contributed by atoms with E-state index in [2.05, 4.69) is 5.32 Å². The topological polar surface area (TPSA) is 132 Å². The largest absolute Gasteiger partial charge is 0.496 e. The normalized spacial score (nSPS) is 10.0. The number of furan rings is 1. The molecule has 0 unspecified atom stereocenters. The number of nitriles is 1. The van der Waals surface area contributed by atoms with E-state index in [0.29, 0.717) is 0 Å². The van der Waals surface area contributed by atoms with E-state index in [-0.39, 0.29) is 33.9 Å². The van der Waals surface area contributed by atoms with Crippen LogP contribution in [0.25, 0.3) is 0 Å². The van der Waals surface area contributed by atoms with Crippen molar-refractivity contribution in [3.63, 3.8) is 0 Å². The zero-order valence-electron chi connectivity index (χ0n) is 15.7. The lowest BCUT2D eigenvalue weighted by molar-refractivity contribution is 0.102. The van der Waals surface area contributed by atoms with Crippen molar-refractivity contribution < 1.29 is 23.1 Å². The van der Waals surface area contributed by atoms with Crippen LogP contribution in [0, 0.1) is 28.0 Å². The van der Waals surface area contributed by atoms with Gasteiger partial charge in [0.25, 0.3) is 11.8 Å². The molecule has 0 bridgehead atoms. The number of hydrogen-bond donors (Lipinski definition) is 3. The van der Waals surface area contributed by atoms with E-state index >= 15 is 0 Å². The first-order chi connectivity index (χ1) is 14.4. The number of nitrogens with zero attached hydrogens (tertiary/aromatic N) is 1. The van der Waals surface area contributed by atoms with Crippen molar-refractivity contribution in [2.45, 2.75) is 0 Å². The number of carbonyl (C=O) groups is 1. The molecule has 0 aliphatic heterocycles. The second-order valence-corrected chi connectivity index (χ2v) is 5.91. The third kappa shape index (κ3) is 4.34. The summed E-state index contributed by atoms with van der Waals surface area (Å²) in [5.74, 6) is -1.92. The van der Waals surface area contributed by atoms with E-state index in [1.54, 1.807) is 6.07 Å². The van der Waals surface area contributed by atoms with Gasteiger partial charge < -0.3 is 19.2 Å². The molecule has 9 heteroatoms. The molecule has 3 N–H and O–H groups in total. The van der Waals surface area contributed by atoms with Crippen molar-refractivity contribution in [3.8, 4) is 11.8 Å². The minimum Gasteiger partial charge on any atom is -0.496 e. The van der Waals surface area contributed by atoms with Crippen LogP contribution in [0.2, 0.25) is 0 Å². The lowest BCUT2D eigenvalue weighted by Gasteiger charge is -2.12. The zero-order chi connectivity index (χ0) is 21.7. The molecule has 3 aromatic rings. The minimum atomic E-state index is -0.739. The predicted molar refractivity (Wildman–Crippen MR) is 106 cm³/mol. The van der Waals surface area contributed by atoms with Crippen LogP contribution in [0.1, 0.15) is 27.2 Å². The maximum atomic E-state index is 14.3. The Labute approximate surface area is 170 Å².